The van der Waals surface area contributed by atoms with Gasteiger partial charge in [-0.25, -0.2) is 13.1 Å². The summed E-state index contributed by atoms with van der Waals surface area (Å²) in [5, 5.41) is 3.18. The number of nitrogens with one attached hydrogen (secondary N) is 2. The highest BCUT2D eigenvalue weighted by Crippen LogP contribution is 2.27. The Bertz CT molecular complexity index is 1090. The van der Waals surface area contributed by atoms with Crippen LogP contribution in [0.1, 0.15) is 5.76 Å². The van der Waals surface area contributed by atoms with Crippen molar-refractivity contribution in [1.82, 2.24) is 4.72 Å². The lowest BCUT2D eigenvalue weighted by Crippen LogP contribution is -2.23. The topological polar surface area (TPSA) is 97.6 Å². The fourth-order valence-electron chi connectivity index (χ4n) is 2.31. The lowest BCUT2D eigenvalue weighted by Gasteiger charge is -2.10. The average molecular weight is 500 g/mol. The number of carbonyl (C=O) groups is 1. The zero-order valence-corrected chi connectivity index (χ0v) is 18.1. The molecule has 7 nitrogen and oxygen atoms in total. The molecule has 3 aromatic rings. The molecule has 0 saturated carbocycles. The Morgan fingerprint density at radius 3 is 2.55 bits per heavy atom. The molecule has 29 heavy (non-hydrogen) atoms. The van der Waals surface area contributed by atoms with Gasteiger partial charge in [0.05, 0.1) is 22.2 Å². The van der Waals surface area contributed by atoms with E-state index in [-0.39, 0.29) is 18.0 Å². The van der Waals surface area contributed by atoms with Crippen LogP contribution in [-0.4, -0.2) is 20.9 Å². The Hall–Kier alpha value is -2.33. The minimum atomic E-state index is -3.70. The van der Waals surface area contributed by atoms with Gasteiger partial charge in [-0.3, -0.25) is 4.79 Å². The van der Waals surface area contributed by atoms with Crippen molar-refractivity contribution in [2.45, 2.75) is 11.4 Å². The Morgan fingerprint density at radius 2 is 1.90 bits per heavy atom. The molecule has 10 heteroatoms. The van der Waals surface area contributed by atoms with Crippen LogP contribution >= 0.6 is 27.5 Å². The van der Waals surface area contributed by atoms with Crippen LogP contribution in [0.5, 0.6) is 5.75 Å². The summed E-state index contributed by atoms with van der Waals surface area (Å²) < 4.78 is 38.2. The Kier molecular flexibility index (Phi) is 6.96. The predicted molar refractivity (Wildman–Crippen MR) is 112 cm³/mol. The molecule has 1 amide bonds. The van der Waals surface area contributed by atoms with Crippen molar-refractivity contribution in [2.24, 2.45) is 0 Å². The molecule has 1 heterocycles. The molecule has 0 aliphatic carbocycles. The normalized spacial score (nSPS) is 11.2. The highest BCUT2D eigenvalue weighted by molar-refractivity contribution is 9.10. The van der Waals surface area contributed by atoms with Crippen LogP contribution in [0, 0.1) is 0 Å². The number of anilines is 1. The predicted octanol–water partition coefficient (Wildman–Crippen LogP) is 4.19. The lowest BCUT2D eigenvalue weighted by molar-refractivity contribution is -0.118. The minimum Gasteiger partial charge on any atom is -0.483 e. The van der Waals surface area contributed by atoms with Gasteiger partial charge in [0, 0.05) is 10.7 Å². The molecule has 2 N–H and O–H groups in total. The second-order valence-corrected chi connectivity index (χ2v) is 8.90. The van der Waals surface area contributed by atoms with Gasteiger partial charge in [0.1, 0.15) is 11.5 Å². The maximum absolute atomic E-state index is 12.3. The van der Waals surface area contributed by atoms with Crippen molar-refractivity contribution in [3.8, 4) is 5.75 Å². The number of hydrogen-bond donors (Lipinski definition) is 2. The summed E-state index contributed by atoms with van der Waals surface area (Å²) in [5.74, 6) is 0.594. The van der Waals surface area contributed by atoms with E-state index in [9.17, 15) is 13.2 Å². The van der Waals surface area contributed by atoms with E-state index in [4.69, 9.17) is 20.8 Å². The largest absolute Gasteiger partial charge is 0.483 e. The summed E-state index contributed by atoms with van der Waals surface area (Å²) in [6.45, 7) is -0.170. The molecule has 1 aromatic heterocycles. The maximum Gasteiger partial charge on any atom is 0.262 e. The third kappa shape index (κ3) is 6.07. The van der Waals surface area contributed by atoms with Gasteiger partial charge < -0.3 is 14.5 Å². The number of sulfonamides is 1. The third-order valence-corrected chi connectivity index (χ3v) is 5.99. The van der Waals surface area contributed by atoms with E-state index < -0.39 is 15.9 Å². The summed E-state index contributed by atoms with van der Waals surface area (Å²) in [4.78, 5) is 12.1. The number of hydrogen-bond acceptors (Lipinski definition) is 5. The van der Waals surface area contributed by atoms with E-state index in [1.165, 1.54) is 30.5 Å². The van der Waals surface area contributed by atoms with E-state index in [0.717, 1.165) is 0 Å². The molecule has 0 atom stereocenters. The highest BCUT2D eigenvalue weighted by Gasteiger charge is 2.15. The molecule has 3 rings (SSSR count). The van der Waals surface area contributed by atoms with E-state index in [2.05, 4.69) is 26.0 Å². The van der Waals surface area contributed by atoms with E-state index in [1.807, 2.05) is 0 Å². The van der Waals surface area contributed by atoms with Gasteiger partial charge in [0.2, 0.25) is 10.0 Å². The number of furan rings is 1. The van der Waals surface area contributed by atoms with Crippen molar-refractivity contribution in [3.63, 3.8) is 0 Å². The zero-order valence-electron chi connectivity index (χ0n) is 14.9. The van der Waals surface area contributed by atoms with E-state index >= 15 is 0 Å². The van der Waals surface area contributed by atoms with Gasteiger partial charge >= 0.3 is 0 Å². The second-order valence-electron chi connectivity index (χ2n) is 5.84. The van der Waals surface area contributed by atoms with Crippen LogP contribution in [0.25, 0.3) is 0 Å². The molecule has 0 aliphatic heterocycles. The Labute approximate surface area is 181 Å². The average Bonchev–Trinajstić information content (AvgIpc) is 3.20. The molecule has 0 aliphatic rings. The van der Waals surface area contributed by atoms with Gasteiger partial charge in [-0.1, -0.05) is 11.6 Å². The molecule has 0 radical (unpaired) electrons. The first-order valence-electron chi connectivity index (χ1n) is 8.33. The first-order chi connectivity index (χ1) is 13.8. The van der Waals surface area contributed by atoms with Crippen LogP contribution in [0.4, 0.5) is 5.69 Å². The monoisotopic (exact) mass is 498 g/mol. The number of carbonyl (C=O) groups excluding carboxylic acids is 1. The van der Waals surface area contributed by atoms with Crippen LogP contribution in [0.2, 0.25) is 5.02 Å². The minimum absolute atomic E-state index is 0.0470. The summed E-state index contributed by atoms with van der Waals surface area (Å²) in [7, 11) is -3.70. The van der Waals surface area contributed by atoms with E-state index in [1.54, 1.807) is 30.3 Å². The summed E-state index contributed by atoms with van der Waals surface area (Å²) in [6.07, 6.45) is 1.47. The van der Waals surface area contributed by atoms with Gasteiger partial charge in [0.25, 0.3) is 5.91 Å². The molecule has 2 aromatic carbocycles. The SMILES string of the molecule is O=C(COc1ccc(Cl)cc1Br)Nc1ccc(S(=O)(=O)NCc2ccco2)cc1. The summed E-state index contributed by atoms with van der Waals surface area (Å²) in [5.41, 5.74) is 0.443. The van der Waals surface area contributed by atoms with Crippen molar-refractivity contribution in [1.29, 1.82) is 0 Å². The third-order valence-electron chi connectivity index (χ3n) is 3.72. The van der Waals surface area contributed by atoms with Gasteiger partial charge in [-0.2, -0.15) is 0 Å². The number of benzene rings is 2. The molecule has 0 saturated heterocycles. The number of amides is 1. The number of halogens is 2. The second kappa shape index (κ2) is 9.45. The van der Waals surface area contributed by atoms with Crippen molar-refractivity contribution in [2.75, 3.05) is 11.9 Å². The molecule has 0 spiro atoms. The van der Waals surface area contributed by atoms with E-state index in [0.29, 0.717) is 26.7 Å². The standard InChI is InChI=1S/C19H16BrClN2O5S/c20-17-10-13(21)3-8-18(17)28-12-19(24)23-14-4-6-16(7-5-14)29(25,26)22-11-15-2-1-9-27-15/h1-10,22H,11-12H2,(H,23,24). The lowest BCUT2D eigenvalue weighted by atomic mass is 10.3. The number of rotatable bonds is 8. The fraction of sp³-hybridized carbons (Fsp3) is 0.105. The molecular weight excluding hydrogens is 484 g/mol. The van der Waals surface area contributed by atoms with Crippen LogP contribution in [0.15, 0.2) is 74.6 Å². The smallest absolute Gasteiger partial charge is 0.262 e. The molecule has 0 bridgehead atoms. The maximum atomic E-state index is 12.3. The summed E-state index contributed by atoms with van der Waals surface area (Å²) in [6, 6.07) is 14.1. The first-order valence-corrected chi connectivity index (χ1v) is 11.0. The Morgan fingerprint density at radius 1 is 1.14 bits per heavy atom. The zero-order chi connectivity index (χ0) is 20.9. The van der Waals surface area contributed by atoms with Crippen LogP contribution < -0.4 is 14.8 Å². The molecular formula is C19H16BrClN2O5S. The van der Waals surface area contributed by atoms with Gasteiger partial charge in [0.15, 0.2) is 6.61 Å². The van der Waals surface area contributed by atoms with Crippen molar-refractivity contribution in [3.05, 3.63) is 76.1 Å². The fourth-order valence-corrected chi connectivity index (χ4v) is 4.10. The van der Waals surface area contributed by atoms with Crippen molar-refractivity contribution < 1.29 is 22.4 Å². The molecule has 152 valence electrons. The van der Waals surface area contributed by atoms with Crippen LogP contribution in [0.3, 0.4) is 0 Å². The molecule has 0 fully saturated rings. The highest BCUT2D eigenvalue weighted by atomic mass is 79.9. The van der Waals surface area contributed by atoms with Crippen LogP contribution in [-0.2, 0) is 21.4 Å². The van der Waals surface area contributed by atoms with Gasteiger partial charge in [-0.15, -0.1) is 0 Å². The molecule has 0 unspecified atom stereocenters. The Balaban J connectivity index is 1.54. The number of ether oxygens (including phenoxy) is 1. The van der Waals surface area contributed by atoms with Gasteiger partial charge in [-0.05, 0) is 70.5 Å². The quantitative estimate of drug-likeness (QED) is 0.484. The van der Waals surface area contributed by atoms with Crippen molar-refractivity contribution >= 4 is 49.1 Å². The first kappa shape index (κ1) is 21.4. The summed E-state index contributed by atoms with van der Waals surface area (Å²) >= 11 is 9.17.